The zero-order valence-corrected chi connectivity index (χ0v) is 28.6. The third-order valence-electron chi connectivity index (χ3n) is 9.03. The summed E-state index contributed by atoms with van der Waals surface area (Å²) in [4.78, 5) is 0. The summed E-state index contributed by atoms with van der Waals surface area (Å²) in [6.45, 7) is 12.3. The van der Waals surface area contributed by atoms with Crippen LogP contribution in [0.1, 0.15) is 5.56 Å². The molecule has 0 heterocycles. The van der Waals surface area contributed by atoms with Gasteiger partial charge in [-0.3, -0.25) is 0 Å². The first kappa shape index (κ1) is 28.5. The van der Waals surface area contributed by atoms with Gasteiger partial charge in [0.05, 0.1) is 8.07 Å². The number of benzene rings is 7. The first-order valence-electron chi connectivity index (χ1n) is 15.9. The Morgan fingerprint density at radius 2 is 1.07 bits per heavy atom. The predicted octanol–water partition coefficient (Wildman–Crippen LogP) is 11.3. The minimum Gasteiger partial charge on any atom is -0.0719 e. The van der Waals surface area contributed by atoms with Gasteiger partial charge >= 0.3 is 0 Å². The molecule has 0 fully saturated rings. The third-order valence-corrected chi connectivity index (χ3v) is 12.4. The van der Waals surface area contributed by atoms with Gasteiger partial charge in [-0.25, -0.2) is 0 Å². The van der Waals surface area contributed by atoms with Crippen molar-refractivity contribution in [2.75, 3.05) is 0 Å². The van der Waals surface area contributed by atoms with E-state index in [9.17, 15) is 0 Å². The van der Waals surface area contributed by atoms with E-state index in [0.717, 1.165) is 0 Å². The van der Waals surface area contributed by atoms with Gasteiger partial charge in [-0.1, -0.05) is 177 Å². The molecule has 0 unspecified atom stereocenters. The van der Waals surface area contributed by atoms with Crippen molar-refractivity contribution in [2.24, 2.45) is 0 Å². The van der Waals surface area contributed by atoms with Gasteiger partial charge in [-0.2, -0.15) is 0 Å². The monoisotopic (exact) mass is 600 g/mol. The van der Waals surface area contributed by atoms with E-state index in [-0.39, 0.29) is 0 Å². The zero-order valence-electron chi connectivity index (χ0n) is 26.5. The summed E-state index contributed by atoms with van der Waals surface area (Å²) in [5.41, 5.74) is 9.29. The maximum Gasteiger partial charge on any atom is 0.0776 e. The molecule has 0 saturated carbocycles. The average molecular weight is 601 g/mol. The van der Waals surface area contributed by atoms with E-state index in [1.54, 1.807) is 0 Å². The van der Waals surface area contributed by atoms with Crippen LogP contribution >= 0.6 is 0 Å². The van der Waals surface area contributed by atoms with E-state index < -0.39 is 16.9 Å². The topological polar surface area (TPSA) is 0 Å². The van der Waals surface area contributed by atoms with Gasteiger partial charge in [0.1, 0.15) is 0 Å². The molecule has 7 rings (SSSR count). The Morgan fingerprint density at radius 1 is 0.477 bits per heavy atom. The van der Waals surface area contributed by atoms with Crippen LogP contribution in [-0.4, -0.2) is 16.9 Å². The largest absolute Gasteiger partial charge is 0.0776 e. The molecule has 2 heteroatoms. The molecule has 0 N–H and O–H groups in total. The molecular formula is C42H40Si2. The van der Waals surface area contributed by atoms with Crippen molar-refractivity contribution in [3.63, 3.8) is 0 Å². The first-order valence-corrected chi connectivity index (χ1v) is 22.6. The van der Waals surface area contributed by atoms with Crippen molar-refractivity contribution in [3.05, 3.63) is 139 Å². The molecule has 0 radical (unpaired) electrons. The van der Waals surface area contributed by atoms with Crippen LogP contribution in [0.3, 0.4) is 0 Å². The molecule has 0 aliphatic heterocycles. The van der Waals surface area contributed by atoms with Gasteiger partial charge in [-0.15, -0.1) is 0 Å². The lowest BCUT2D eigenvalue weighted by Gasteiger charge is -2.22. The molecule has 44 heavy (non-hydrogen) atoms. The quantitative estimate of drug-likeness (QED) is 0.132. The van der Waals surface area contributed by atoms with Gasteiger partial charge < -0.3 is 0 Å². The molecule has 0 bridgehead atoms. The minimum atomic E-state index is -1.54. The van der Waals surface area contributed by atoms with Gasteiger partial charge in [0.25, 0.3) is 0 Å². The van der Waals surface area contributed by atoms with E-state index >= 15 is 0 Å². The Hall–Kier alpha value is -4.25. The number of hydrogen-bond donors (Lipinski definition) is 0. The van der Waals surface area contributed by atoms with Crippen LogP contribution in [0.25, 0.3) is 65.7 Å². The summed E-state index contributed by atoms with van der Waals surface area (Å²) in [7, 11) is -2.30. The maximum atomic E-state index is 2.52. The standard InChI is InChI=1S/C42H40Si2/c1-43(2)28-29-18-24-37-39(26-29)41(32-13-7-6-8-14-32)38-25-23-34(44(3,4)5)27-40(38)42(37)33-21-19-31(20-22-33)36-17-11-15-30-12-9-10-16-35(30)36/h6-27,43H,28H2,1-5H3. The Kier molecular flexibility index (Phi) is 7.36. The van der Waals surface area contributed by atoms with Crippen molar-refractivity contribution in [3.8, 4) is 33.4 Å². The van der Waals surface area contributed by atoms with Gasteiger partial charge in [0.15, 0.2) is 0 Å². The fourth-order valence-electron chi connectivity index (χ4n) is 6.86. The second kappa shape index (κ2) is 11.4. The molecular weight excluding hydrogens is 561 g/mol. The molecule has 7 aromatic carbocycles. The molecule has 0 amide bonds. The highest BCUT2D eigenvalue weighted by molar-refractivity contribution is 6.88. The van der Waals surface area contributed by atoms with Crippen molar-refractivity contribution in [1.29, 1.82) is 0 Å². The van der Waals surface area contributed by atoms with Crippen LogP contribution in [0.2, 0.25) is 32.7 Å². The lowest BCUT2D eigenvalue weighted by molar-refractivity contribution is 1.37. The van der Waals surface area contributed by atoms with E-state index in [1.165, 1.54) is 82.5 Å². The summed E-state index contributed by atoms with van der Waals surface area (Å²) in [5.74, 6) is 0. The van der Waals surface area contributed by atoms with E-state index in [2.05, 4.69) is 166 Å². The van der Waals surface area contributed by atoms with E-state index in [1.807, 2.05) is 0 Å². The normalized spacial score (nSPS) is 12.0. The van der Waals surface area contributed by atoms with Gasteiger partial charge in [0.2, 0.25) is 0 Å². The zero-order chi connectivity index (χ0) is 30.4. The van der Waals surface area contributed by atoms with Crippen LogP contribution in [0, 0.1) is 0 Å². The van der Waals surface area contributed by atoms with E-state index in [0.29, 0.717) is 0 Å². The summed E-state index contributed by atoms with van der Waals surface area (Å²) in [5, 5.41) is 9.49. The lowest BCUT2D eigenvalue weighted by atomic mass is 9.85. The van der Waals surface area contributed by atoms with Gasteiger partial charge in [-0.05, 0) is 71.7 Å². The molecule has 0 aliphatic rings. The molecule has 0 atom stereocenters. The summed E-state index contributed by atoms with van der Waals surface area (Å²) in [6.07, 6.45) is 0. The van der Waals surface area contributed by atoms with Crippen LogP contribution < -0.4 is 5.19 Å². The Morgan fingerprint density at radius 3 is 1.77 bits per heavy atom. The summed E-state index contributed by atoms with van der Waals surface area (Å²) < 4.78 is 0. The molecule has 0 saturated heterocycles. The molecule has 0 spiro atoms. The number of hydrogen-bond acceptors (Lipinski definition) is 0. The highest BCUT2D eigenvalue weighted by Crippen LogP contribution is 2.44. The van der Waals surface area contributed by atoms with Crippen molar-refractivity contribution < 1.29 is 0 Å². The van der Waals surface area contributed by atoms with Crippen molar-refractivity contribution in [1.82, 2.24) is 0 Å². The Labute approximate surface area is 264 Å². The smallest absolute Gasteiger partial charge is 0.0719 e. The van der Waals surface area contributed by atoms with E-state index in [4.69, 9.17) is 0 Å². The number of rotatable bonds is 6. The number of fused-ring (bicyclic) bond motifs is 3. The van der Waals surface area contributed by atoms with Crippen molar-refractivity contribution in [2.45, 2.75) is 38.8 Å². The molecule has 0 aromatic heterocycles. The fourth-order valence-corrected chi connectivity index (χ4v) is 9.22. The lowest BCUT2D eigenvalue weighted by Crippen LogP contribution is -2.37. The predicted molar refractivity (Wildman–Crippen MR) is 201 cm³/mol. The Bertz CT molecular complexity index is 2130. The Balaban J connectivity index is 1.53. The summed E-state index contributed by atoms with van der Waals surface area (Å²) in [6, 6.07) is 51.6. The van der Waals surface area contributed by atoms with Crippen LogP contribution in [0.5, 0.6) is 0 Å². The average Bonchev–Trinajstić information content (AvgIpc) is 3.03. The van der Waals surface area contributed by atoms with Gasteiger partial charge in [0, 0.05) is 8.80 Å². The molecule has 216 valence electrons. The fraction of sp³-hybridized carbons (Fsp3) is 0.143. The highest BCUT2D eigenvalue weighted by atomic mass is 28.3. The third kappa shape index (κ3) is 5.23. The SMILES string of the molecule is C[SiH](C)Cc1ccc2c(-c3ccc(-c4cccc5ccccc45)cc3)c3cc([Si](C)(C)C)ccc3c(-c3ccccc3)c2c1. The molecule has 0 aliphatic carbocycles. The summed E-state index contributed by atoms with van der Waals surface area (Å²) >= 11 is 0. The van der Waals surface area contributed by atoms with Crippen LogP contribution in [-0.2, 0) is 6.04 Å². The van der Waals surface area contributed by atoms with Crippen LogP contribution in [0.4, 0.5) is 0 Å². The second-order valence-corrected chi connectivity index (χ2v) is 22.0. The molecule has 7 aromatic rings. The minimum absolute atomic E-state index is 0.764. The van der Waals surface area contributed by atoms with Crippen LogP contribution in [0.15, 0.2) is 133 Å². The maximum absolute atomic E-state index is 2.52. The first-order chi connectivity index (χ1) is 21.3. The highest BCUT2D eigenvalue weighted by Gasteiger charge is 2.22. The second-order valence-electron chi connectivity index (χ2n) is 13.7. The van der Waals surface area contributed by atoms with Crippen molar-refractivity contribution >= 4 is 54.4 Å². The molecule has 0 nitrogen and oxygen atoms in total.